The van der Waals surface area contributed by atoms with E-state index in [1.54, 1.807) is 31.2 Å². The van der Waals surface area contributed by atoms with Crippen molar-refractivity contribution in [3.05, 3.63) is 29.8 Å². The van der Waals surface area contributed by atoms with Gasteiger partial charge in [-0.15, -0.1) is 0 Å². The second-order valence-corrected chi connectivity index (χ2v) is 6.60. The lowest BCUT2D eigenvalue weighted by Gasteiger charge is -2.34. The predicted octanol–water partition coefficient (Wildman–Crippen LogP) is 3.04. The van der Waals surface area contributed by atoms with Crippen LogP contribution in [0, 0.1) is 0 Å². The van der Waals surface area contributed by atoms with Crippen molar-refractivity contribution in [3.63, 3.8) is 0 Å². The van der Waals surface area contributed by atoms with Gasteiger partial charge in [-0.05, 0) is 70.0 Å². The summed E-state index contributed by atoms with van der Waals surface area (Å²) in [5.41, 5.74) is 0.680. The molecule has 138 valence electrons. The summed E-state index contributed by atoms with van der Waals surface area (Å²) in [7, 11) is 0. The van der Waals surface area contributed by atoms with Crippen molar-refractivity contribution in [1.29, 1.82) is 0 Å². The number of ketones is 1. The zero-order valence-corrected chi connectivity index (χ0v) is 15.4. The fourth-order valence-corrected chi connectivity index (χ4v) is 3.21. The first-order valence-corrected chi connectivity index (χ1v) is 9.35. The zero-order chi connectivity index (χ0) is 18.1. The highest BCUT2D eigenvalue weighted by Crippen LogP contribution is 2.16. The minimum absolute atomic E-state index is 0.0473. The van der Waals surface area contributed by atoms with Crippen molar-refractivity contribution >= 4 is 11.7 Å². The Morgan fingerprint density at radius 2 is 1.88 bits per heavy atom. The summed E-state index contributed by atoms with van der Waals surface area (Å²) >= 11 is 0. The summed E-state index contributed by atoms with van der Waals surface area (Å²) < 4.78 is 5.68. The molecule has 2 rings (SSSR count). The Kier molecular flexibility index (Phi) is 7.92. The lowest BCUT2D eigenvalue weighted by molar-refractivity contribution is -0.134. The third kappa shape index (κ3) is 6.16. The van der Waals surface area contributed by atoms with Crippen LogP contribution >= 0.6 is 0 Å². The van der Waals surface area contributed by atoms with Crippen LogP contribution in [0.3, 0.4) is 0 Å². The SMILES string of the molecule is CCCN(C(=O)CCCOc1ccc(C(C)=O)cc1)C1CCNCC1. The summed E-state index contributed by atoms with van der Waals surface area (Å²) in [6, 6.07) is 7.52. The molecule has 0 aliphatic carbocycles. The molecule has 5 heteroatoms. The van der Waals surface area contributed by atoms with Gasteiger partial charge in [0.1, 0.15) is 5.75 Å². The van der Waals surface area contributed by atoms with Gasteiger partial charge < -0.3 is 15.0 Å². The minimum atomic E-state index is 0.0473. The van der Waals surface area contributed by atoms with Gasteiger partial charge in [0.25, 0.3) is 0 Å². The molecule has 25 heavy (non-hydrogen) atoms. The first kappa shape index (κ1) is 19.4. The second-order valence-electron chi connectivity index (χ2n) is 6.60. The number of carbonyl (C=O) groups is 2. The summed E-state index contributed by atoms with van der Waals surface area (Å²) in [5, 5.41) is 3.35. The lowest BCUT2D eigenvalue weighted by atomic mass is 10.0. The Hall–Kier alpha value is -1.88. The maximum atomic E-state index is 12.6. The third-order valence-electron chi connectivity index (χ3n) is 4.60. The number of Topliss-reactive ketones (excluding diaryl/α,β-unsaturated/α-hetero) is 1. The molecule has 0 unspecified atom stereocenters. The quantitative estimate of drug-likeness (QED) is 0.551. The van der Waals surface area contributed by atoms with E-state index in [2.05, 4.69) is 17.1 Å². The van der Waals surface area contributed by atoms with E-state index < -0.39 is 0 Å². The molecule has 1 heterocycles. The summed E-state index contributed by atoms with van der Waals surface area (Å²) in [4.78, 5) is 25.9. The molecule has 0 spiro atoms. The molecule has 0 aromatic heterocycles. The number of carbonyl (C=O) groups excluding carboxylic acids is 2. The number of nitrogens with zero attached hydrogens (tertiary/aromatic N) is 1. The van der Waals surface area contributed by atoms with Crippen molar-refractivity contribution in [2.24, 2.45) is 0 Å². The second kappa shape index (κ2) is 10.2. The molecule has 1 aliphatic heterocycles. The summed E-state index contributed by atoms with van der Waals surface area (Å²) in [5.74, 6) is 1.02. The van der Waals surface area contributed by atoms with Gasteiger partial charge in [-0.1, -0.05) is 6.92 Å². The van der Waals surface area contributed by atoms with E-state index in [0.717, 1.165) is 44.6 Å². The summed E-state index contributed by atoms with van der Waals surface area (Å²) in [6.07, 6.45) is 4.32. The van der Waals surface area contributed by atoms with Crippen molar-refractivity contribution in [2.45, 2.75) is 52.0 Å². The van der Waals surface area contributed by atoms with E-state index in [-0.39, 0.29) is 11.7 Å². The number of benzene rings is 1. The van der Waals surface area contributed by atoms with Crippen molar-refractivity contribution in [1.82, 2.24) is 10.2 Å². The molecule has 0 saturated carbocycles. The van der Waals surface area contributed by atoms with E-state index in [1.807, 2.05) is 0 Å². The van der Waals surface area contributed by atoms with Crippen molar-refractivity contribution in [2.75, 3.05) is 26.2 Å². The van der Waals surface area contributed by atoms with E-state index >= 15 is 0 Å². The van der Waals surface area contributed by atoms with Gasteiger partial charge in [0.2, 0.25) is 5.91 Å². The van der Waals surface area contributed by atoms with Gasteiger partial charge in [-0.2, -0.15) is 0 Å². The molecule has 1 amide bonds. The lowest BCUT2D eigenvalue weighted by Crippen LogP contribution is -2.46. The van der Waals surface area contributed by atoms with Gasteiger partial charge in [-0.25, -0.2) is 0 Å². The fraction of sp³-hybridized carbons (Fsp3) is 0.600. The van der Waals surface area contributed by atoms with E-state index in [4.69, 9.17) is 4.74 Å². The molecule has 1 aliphatic rings. The Bertz CT molecular complexity index is 551. The number of nitrogens with one attached hydrogen (secondary N) is 1. The van der Waals surface area contributed by atoms with Crippen LogP contribution in [0.15, 0.2) is 24.3 Å². The maximum Gasteiger partial charge on any atom is 0.222 e. The molecule has 1 saturated heterocycles. The monoisotopic (exact) mass is 346 g/mol. The molecular weight excluding hydrogens is 316 g/mol. The van der Waals surface area contributed by atoms with Crippen LogP contribution in [0.4, 0.5) is 0 Å². The molecule has 1 aromatic carbocycles. The highest BCUT2D eigenvalue weighted by Gasteiger charge is 2.24. The molecular formula is C20H30N2O3. The van der Waals surface area contributed by atoms with Gasteiger partial charge in [0.05, 0.1) is 6.61 Å². The van der Waals surface area contributed by atoms with Gasteiger partial charge in [0.15, 0.2) is 5.78 Å². The van der Waals surface area contributed by atoms with Crippen LogP contribution in [-0.2, 0) is 4.79 Å². The van der Waals surface area contributed by atoms with Crippen LogP contribution in [-0.4, -0.2) is 48.9 Å². The average Bonchev–Trinajstić information content (AvgIpc) is 2.64. The summed E-state index contributed by atoms with van der Waals surface area (Å²) in [6.45, 7) is 7.02. The van der Waals surface area contributed by atoms with E-state index in [9.17, 15) is 9.59 Å². The molecule has 1 fully saturated rings. The van der Waals surface area contributed by atoms with Crippen LogP contribution in [0.5, 0.6) is 5.75 Å². The van der Waals surface area contributed by atoms with Gasteiger partial charge in [-0.3, -0.25) is 9.59 Å². The Morgan fingerprint density at radius 3 is 2.48 bits per heavy atom. The molecule has 1 N–H and O–H groups in total. The Labute approximate surface area is 150 Å². The van der Waals surface area contributed by atoms with Gasteiger partial charge >= 0.3 is 0 Å². The highest BCUT2D eigenvalue weighted by atomic mass is 16.5. The molecule has 5 nitrogen and oxygen atoms in total. The average molecular weight is 346 g/mol. The Morgan fingerprint density at radius 1 is 1.20 bits per heavy atom. The minimum Gasteiger partial charge on any atom is -0.494 e. The van der Waals surface area contributed by atoms with Crippen LogP contribution < -0.4 is 10.1 Å². The molecule has 0 atom stereocenters. The normalized spacial score (nSPS) is 15.0. The van der Waals surface area contributed by atoms with Crippen LogP contribution in [0.1, 0.15) is 56.3 Å². The van der Waals surface area contributed by atoms with E-state index in [1.165, 1.54) is 0 Å². The standard InChI is InChI=1S/C20H30N2O3/c1-3-14-22(18-10-12-21-13-11-18)20(24)5-4-15-25-19-8-6-17(7-9-19)16(2)23/h6-9,18,21H,3-5,10-15H2,1-2H3. The maximum absolute atomic E-state index is 12.6. The predicted molar refractivity (Wildman–Crippen MR) is 99.1 cm³/mol. The molecule has 0 radical (unpaired) electrons. The first-order chi connectivity index (χ1) is 12.1. The highest BCUT2D eigenvalue weighted by molar-refractivity contribution is 5.94. The third-order valence-corrected chi connectivity index (χ3v) is 4.60. The number of hydrogen-bond donors (Lipinski definition) is 1. The zero-order valence-electron chi connectivity index (χ0n) is 15.4. The smallest absolute Gasteiger partial charge is 0.222 e. The number of piperidine rings is 1. The van der Waals surface area contributed by atoms with Crippen LogP contribution in [0.25, 0.3) is 0 Å². The van der Waals surface area contributed by atoms with Crippen molar-refractivity contribution in [3.8, 4) is 5.75 Å². The molecule has 1 aromatic rings. The van der Waals surface area contributed by atoms with Gasteiger partial charge in [0, 0.05) is 24.6 Å². The number of ether oxygens (including phenoxy) is 1. The van der Waals surface area contributed by atoms with E-state index in [0.29, 0.717) is 31.1 Å². The topological polar surface area (TPSA) is 58.6 Å². The van der Waals surface area contributed by atoms with Crippen LogP contribution in [0.2, 0.25) is 0 Å². The number of amides is 1. The number of rotatable bonds is 9. The molecule has 0 bridgehead atoms. The van der Waals surface area contributed by atoms with Crippen molar-refractivity contribution < 1.29 is 14.3 Å². The largest absolute Gasteiger partial charge is 0.494 e. The Balaban J connectivity index is 1.75. The first-order valence-electron chi connectivity index (χ1n) is 9.35. The number of hydrogen-bond acceptors (Lipinski definition) is 4. The fourth-order valence-electron chi connectivity index (χ4n) is 3.21.